The van der Waals surface area contributed by atoms with Crippen LogP contribution in [-0.4, -0.2) is 3.21 Å². The Bertz CT molecular complexity index is 1030. The van der Waals surface area contributed by atoms with Gasteiger partial charge in [-0.25, -0.2) is 0 Å². The maximum Gasteiger partial charge on any atom is -1.00 e. The average molecular weight is 505 g/mol. The zero-order valence-corrected chi connectivity index (χ0v) is 22.3. The van der Waals surface area contributed by atoms with Gasteiger partial charge in [0.25, 0.3) is 0 Å². The number of hydrogen-bond acceptors (Lipinski definition) is 0. The predicted octanol–water partition coefficient (Wildman–Crippen LogP) is 0.372. The van der Waals surface area contributed by atoms with Gasteiger partial charge in [0.2, 0.25) is 0 Å². The van der Waals surface area contributed by atoms with Gasteiger partial charge in [-0.3, -0.25) is 0 Å². The zero-order valence-electron chi connectivity index (χ0n) is 18.3. The second kappa shape index (κ2) is 9.17. The van der Waals surface area contributed by atoms with Gasteiger partial charge in [0, 0.05) is 0 Å². The molecule has 0 aliphatic heterocycles. The standard InChI is InChI=1S/C13H9.C10H15.C3H6.2ClH.Zr/c1-3-7-12-10(5-1)9-11-6-2-4-8-13(11)12;1-8-5-6-9(7-8)10(2,3)4;1-3-2;;;/h1-5,7-8H,9H2;7H,6H2,1-4H3;1-2H3;2*1H;/q;;;;;+2/p-2. The molecule has 0 N–H and O–H groups in total. The molecule has 2 aromatic carbocycles. The van der Waals surface area contributed by atoms with Crippen molar-refractivity contribution >= 4 is 6.48 Å². The van der Waals surface area contributed by atoms with E-state index in [0.29, 0.717) is 0 Å². The number of allylic oxidation sites excluding steroid dienone is 4. The number of benzene rings is 2. The molecule has 0 heterocycles. The van der Waals surface area contributed by atoms with Crippen LogP contribution in [0.25, 0.3) is 11.1 Å². The first-order valence-electron chi connectivity index (χ1n) is 10.1. The van der Waals surface area contributed by atoms with E-state index in [9.17, 15) is 0 Å². The summed E-state index contributed by atoms with van der Waals surface area (Å²) >= 11 is -2.04. The molecule has 2 aromatic rings. The zero-order chi connectivity index (χ0) is 19.3. The molecule has 0 unspecified atom stereocenters. The molecule has 0 aromatic heterocycles. The largest absolute Gasteiger partial charge is 1.00 e. The van der Waals surface area contributed by atoms with E-state index in [-0.39, 0.29) is 30.2 Å². The van der Waals surface area contributed by atoms with Crippen molar-refractivity contribution in [3.05, 3.63) is 74.1 Å². The van der Waals surface area contributed by atoms with E-state index in [1.165, 1.54) is 23.1 Å². The van der Waals surface area contributed by atoms with Gasteiger partial charge in [-0.1, -0.05) is 0 Å². The molecule has 4 rings (SSSR count). The molecule has 0 atom stereocenters. The molecule has 0 spiro atoms. The Hall–Kier alpha value is -0.747. The fourth-order valence-electron chi connectivity index (χ4n) is 4.62. The molecule has 0 amide bonds. The quantitative estimate of drug-likeness (QED) is 0.473. The van der Waals surface area contributed by atoms with Crippen molar-refractivity contribution in [2.24, 2.45) is 5.41 Å². The first-order valence-corrected chi connectivity index (χ1v) is 13.7. The summed E-state index contributed by atoms with van der Waals surface area (Å²) in [6.45, 7) is 14.2. The smallest absolute Gasteiger partial charge is 1.00 e. The fourth-order valence-corrected chi connectivity index (χ4v) is 12.2. The molecular weight excluding hydrogens is 474 g/mol. The molecule has 0 saturated carbocycles. The summed E-state index contributed by atoms with van der Waals surface area (Å²) in [5, 5.41) is 0. The van der Waals surface area contributed by atoms with Crippen molar-refractivity contribution in [1.29, 1.82) is 0 Å². The molecule has 0 bridgehead atoms. The Morgan fingerprint density at radius 1 is 0.862 bits per heavy atom. The minimum atomic E-state index is -2.04. The Morgan fingerprint density at radius 2 is 1.52 bits per heavy atom. The molecule has 29 heavy (non-hydrogen) atoms. The van der Waals surface area contributed by atoms with E-state index in [2.05, 4.69) is 90.1 Å². The topological polar surface area (TPSA) is 0 Å². The van der Waals surface area contributed by atoms with Crippen molar-refractivity contribution in [2.45, 2.75) is 54.4 Å². The molecule has 0 nitrogen and oxygen atoms in total. The van der Waals surface area contributed by atoms with Crippen molar-refractivity contribution < 1.29 is 46.1 Å². The number of rotatable bonds is 2. The second-order valence-electron chi connectivity index (χ2n) is 9.30. The first-order chi connectivity index (χ1) is 12.8. The first kappa shape index (κ1) is 24.5. The minimum Gasteiger partial charge on any atom is -1.00 e. The summed E-state index contributed by atoms with van der Waals surface area (Å²) < 4.78 is 5.20. The Balaban J connectivity index is 0.00000150. The maximum absolute atomic E-state index is 2.50. The van der Waals surface area contributed by atoms with Gasteiger partial charge < -0.3 is 24.8 Å². The van der Waals surface area contributed by atoms with Gasteiger partial charge in [-0.15, -0.1) is 0 Å². The Morgan fingerprint density at radius 3 is 2.14 bits per heavy atom. The predicted molar refractivity (Wildman–Crippen MR) is 116 cm³/mol. The third kappa shape index (κ3) is 4.48. The maximum atomic E-state index is 2.50. The van der Waals surface area contributed by atoms with Gasteiger partial charge in [0.15, 0.2) is 0 Å². The minimum absolute atomic E-state index is 0. The van der Waals surface area contributed by atoms with Gasteiger partial charge in [0.05, 0.1) is 0 Å². The molecule has 152 valence electrons. The molecule has 0 radical (unpaired) electrons. The summed E-state index contributed by atoms with van der Waals surface area (Å²) in [6.07, 6.45) is 4.81. The van der Waals surface area contributed by atoms with Crippen LogP contribution in [0.3, 0.4) is 0 Å². The van der Waals surface area contributed by atoms with E-state index in [1.807, 2.05) is 0 Å². The van der Waals surface area contributed by atoms with E-state index < -0.39 is 21.3 Å². The number of halogens is 2. The summed E-state index contributed by atoms with van der Waals surface area (Å²) in [5.74, 6) is 0. The monoisotopic (exact) mass is 502 g/mol. The van der Waals surface area contributed by atoms with Gasteiger partial charge in [-0.05, 0) is 0 Å². The van der Waals surface area contributed by atoms with Crippen LogP contribution >= 0.6 is 0 Å². The molecular formula is C26H30Cl2Zr. The SMILES string of the molecule is CC1=[C]([Zr+2](=[C](C)C)[c]2cccc3c2Cc2ccccc2-3)CC(C(C)(C)C)=C1.[Cl-].[Cl-]. The average Bonchev–Trinajstić information content (AvgIpc) is 3.16. The van der Waals surface area contributed by atoms with Crippen LogP contribution in [0.2, 0.25) is 0 Å². The molecule has 2 aliphatic rings. The third-order valence-electron chi connectivity index (χ3n) is 6.12. The van der Waals surface area contributed by atoms with Crippen molar-refractivity contribution in [2.75, 3.05) is 0 Å². The number of fused-ring (bicyclic) bond motifs is 3. The Labute approximate surface area is 196 Å². The fraction of sp³-hybridized carbons (Fsp3) is 0.346. The van der Waals surface area contributed by atoms with E-state index in [1.54, 1.807) is 26.5 Å². The summed E-state index contributed by atoms with van der Waals surface area (Å²) in [6, 6.07) is 16.1. The Kier molecular flexibility index (Phi) is 7.76. The van der Waals surface area contributed by atoms with Gasteiger partial charge in [-0.2, -0.15) is 0 Å². The van der Waals surface area contributed by atoms with Crippen LogP contribution in [0, 0.1) is 5.41 Å². The molecule has 2 aliphatic carbocycles. The summed E-state index contributed by atoms with van der Waals surface area (Å²) in [7, 11) is 0. The molecule has 3 heteroatoms. The summed E-state index contributed by atoms with van der Waals surface area (Å²) in [5.41, 5.74) is 9.52. The van der Waals surface area contributed by atoms with Crippen LogP contribution in [0.5, 0.6) is 0 Å². The van der Waals surface area contributed by atoms with Gasteiger partial charge >= 0.3 is 173 Å². The molecule has 0 saturated heterocycles. The van der Waals surface area contributed by atoms with Crippen molar-refractivity contribution in [3.8, 4) is 11.1 Å². The summed E-state index contributed by atoms with van der Waals surface area (Å²) in [4.78, 5) is 0. The molecule has 0 fully saturated rings. The van der Waals surface area contributed by atoms with Crippen LogP contribution in [0.15, 0.2) is 63.0 Å². The normalized spacial score (nSPS) is 14.2. The van der Waals surface area contributed by atoms with E-state index >= 15 is 0 Å². The van der Waals surface area contributed by atoms with Crippen molar-refractivity contribution in [3.63, 3.8) is 0 Å². The van der Waals surface area contributed by atoms with E-state index in [4.69, 9.17) is 0 Å². The van der Waals surface area contributed by atoms with Crippen LogP contribution in [0.4, 0.5) is 0 Å². The van der Waals surface area contributed by atoms with Crippen molar-refractivity contribution in [1.82, 2.24) is 0 Å². The van der Waals surface area contributed by atoms with Crippen LogP contribution in [0.1, 0.15) is 59.1 Å². The van der Waals surface area contributed by atoms with Crippen LogP contribution in [-0.2, 0) is 27.7 Å². The third-order valence-corrected chi connectivity index (χ3v) is 13.9. The van der Waals surface area contributed by atoms with Gasteiger partial charge in [0.1, 0.15) is 0 Å². The van der Waals surface area contributed by atoms with Crippen LogP contribution < -0.4 is 28.1 Å². The number of hydrogen-bond donors (Lipinski definition) is 0. The van der Waals surface area contributed by atoms with E-state index in [0.717, 1.165) is 6.42 Å². The second-order valence-corrected chi connectivity index (χ2v) is 16.4.